The highest BCUT2D eigenvalue weighted by atomic mass is 19.3. The molecular formula is C16H21F2N3O2. The molecule has 1 atom stereocenters. The molecule has 5 nitrogen and oxygen atoms in total. The molecule has 0 radical (unpaired) electrons. The summed E-state index contributed by atoms with van der Waals surface area (Å²) in [6.07, 6.45) is 0.585. The number of nitrogens with two attached hydrogens (primary N) is 1. The van der Waals surface area contributed by atoms with Crippen molar-refractivity contribution >= 4 is 11.8 Å². The lowest BCUT2D eigenvalue weighted by Crippen LogP contribution is -2.49. The zero-order chi connectivity index (χ0) is 17.0. The van der Waals surface area contributed by atoms with Crippen molar-refractivity contribution in [2.75, 3.05) is 13.1 Å². The summed E-state index contributed by atoms with van der Waals surface area (Å²) in [5.74, 6) is -3.84. The molecule has 0 bridgehead atoms. The average Bonchev–Trinajstić information content (AvgIpc) is 2.88. The maximum atomic E-state index is 13.1. The summed E-state index contributed by atoms with van der Waals surface area (Å²) >= 11 is 0. The van der Waals surface area contributed by atoms with Crippen molar-refractivity contribution in [3.8, 4) is 0 Å². The van der Waals surface area contributed by atoms with Gasteiger partial charge in [0.2, 0.25) is 11.8 Å². The Morgan fingerprint density at radius 2 is 2.04 bits per heavy atom. The van der Waals surface area contributed by atoms with Gasteiger partial charge in [-0.25, -0.2) is 8.78 Å². The van der Waals surface area contributed by atoms with Crippen LogP contribution in [0.2, 0.25) is 0 Å². The Kier molecular flexibility index (Phi) is 5.30. The summed E-state index contributed by atoms with van der Waals surface area (Å²) in [5.41, 5.74) is 6.94. The van der Waals surface area contributed by atoms with Gasteiger partial charge in [0.05, 0.1) is 13.1 Å². The largest absolute Gasteiger partial charge is 0.348 e. The number of carbonyl (C=O) groups excluding carboxylic acids is 2. The number of amides is 2. The Hall–Kier alpha value is -2.02. The van der Waals surface area contributed by atoms with Crippen LogP contribution in [0.25, 0.3) is 0 Å². The molecule has 126 valence electrons. The van der Waals surface area contributed by atoms with Gasteiger partial charge >= 0.3 is 0 Å². The van der Waals surface area contributed by atoms with E-state index in [1.54, 1.807) is 0 Å². The van der Waals surface area contributed by atoms with Gasteiger partial charge in [0.15, 0.2) is 0 Å². The monoisotopic (exact) mass is 325 g/mol. The molecule has 0 aliphatic carbocycles. The number of carbonyl (C=O) groups is 2. The van der Waals surface area contributed by atoms with Crippen molar-refractivity contribution in [3.63, 3.8) is 0 Å². The van der Waals surface area contributed by atoms with Gasteiger partial charge in [-0.1, -0.05) is 29.8 Å². The minimum absolute atomic E-state index is 0.142. The minimum Gasteiger partial charge on any atom is -0.348 e. The summed E-state index contributed by atoms with van der Waals surface area (Å²) in [6, 6.07) is 6.91. The third-order valence-corrected chi connectivity index (χ3v) is 3.92. The van der Waals surface area contributed by atoms with Crippen LogP contribution < -0.4 is 11.1 Å². The van der Waals surface area contributed by atoms with Crippen LogP contribution in [0.4, 0.5) is 8.78 Å². The number of hydrogen-bond acceptors (Lipinski definition) is 3. The predicted molar refractivity (Wildman–Crippen MR) is 81.8 cm³/mol. The third kappa shape index (κ3) is 4.48. The van der Waals surface area contributed by atoms with Crippen LogP contribution in [0.15, 0.2) is 24.3 Å². The van der Waals surface area contributed by atoms with E-state index in [1.807, 2.05) is 31.2 Å². The first-order chi connectivity index (χ1) is 10.8. The zero-order valence-corrected chi connectivity index (χ0v) is 13.0. The maximum Gasteiger partial charge on any atom is 0.277 e. The van der Waals surface area contributed by atoms with E-state index in [0.717, 1.165) is 11.1 Å². The summed E-state index contributed by atoms with van der Waals surface area (Å²) in [4.78, 5) is 25.6. The molecule has 0 spiro atoms. The second kappa shape index (κ2) is 7.04. The molecule has 1 unspecified atom stereocenters. The lowest BCUT2D eigenvalue weighted by molar-refractivity contribution is -0.136. The SMILES string of the molecule is Cc1ccc(CN2C(=O)CCC2C(=O)NCC(F)(F)CN)cc1. The van der Waals surface area contributed by atoms with Gasteiger partial charge in [0.1, 0.15) is 6.04 Å². The van der Waals surface area contributed by atoms with Gasteiger partial charge in [-0.2, -0.15) is 0 Å². The first kappa shape index (κ1) is 17.3. The fourth-order valence-corrected chi connectivity index (χ4v) is 2.50. The van der Waals surface area contributed by atoms with Crippen LogP contribution in [-0.2, 0) is 16.1 Å². The van der Waals surface area contributed by atoms with E-state index in [0.29, 0.717) is 13.0 Å². The van der Waals surface area contributed by atoms with E-state index in [1.165, 1.54) is 4.90 Å². The number of alkyl halides is 2. The molecule has 0 aromatic heterocycles. The van der Waals surface area contributed by atoms with Crippen LogP contribution in [-0.4, -0.2) is 41.8 Å². The highest BCUT2D eigenvalue weighted by Crippen LogP contribution is 2.22. The van der Waals surface area contributed by atoms with Crippen molar-refractivity contribution in [2.45, 2.75) is 38.3 Å². The van der Waals surface area contributed by atoms with Gasteiger partial charge in [-0.15, -0.1) is 0 Å². The van der Waals surface area contributed by atoms with Crippen LogP contribution in [0.3, 0.4) is 0 Å². The van der Waals surface area contributed by atoms with Crippen LogP contribution >= 0.6 is 0 Å². The Morgan fingerprint density at radius 3 is 2.65 bits per heavy atom. The topological polar surface area (TPSA) is 75.4 Å². The fourth-order valence-electron chi connectivity index (χ4n) is 2.50. The van der Waals surface area contributed by atoms with Gasteiger partial charge in [0, 0.05) is 13.0 Å². The first-order valence-electron chi connectivity index (χ1n) is 7.53. The second-order valence-electron chi connectivity index (χ2n) is 5.84. The zero-order valence-electron chi connectivity index (χ0n) is 13.0. The maximum absolute atomic E-state index is 13.1. The number of nitrogens with one attached hydrogen (secondary N) is 1. The summed E-state index contributed by atoms with van der Waals surface area (Å²) in [6.45, 7) is 0.610. The first-order valence-corrected chi connectivity index (χ1v) is 7.53. The molecular weight excluding hydrogens is 304 g/mol. The average molecular weight is 325 g/mol. The lowest BCUT2D eigenvalue weighted by Gasteiger charge is -2.25. The van der Waals surface area contributed by atoms with E-state index in [9.17, 15) is 18.4 Å². The van der Waals surface area contributed by atoms with Crippen molar-refractivity contribution in [2.24, 2.45) is 5.73 Å². The van der Waals surface area contributed by atoms with Crippen LogP contribution in [0.1, 0.15) is 24.0 Å². The van der Waals surface area contributed by atoms with E-state index >= 15 is 0 Å². The minimum atomic E-state index is -3.14. The van der Waals surface area contributed by atoms with E-state index in [4.69, 9.17) is 5.73 Å². The Morgan fingerprint density at radius 1 is 1.39 bits per heavy atom. The van der Waals surface area contributed by atoms with Crippen LogP contribution in [0.5, 0.6) is 0 Å². The Balaban J connectivity index is 2.01. The molecule has 1 aromatic rings. The molecule has 1 aromatic carbocycles. The Labute approximate surface area is 133 Å². The van der Waals surface area contributed by atoms with Gasteiger partial charge in [-0.05, 0) is 18.9 Å². The fraction of sp³-hybridized carbons (Fsp3) is 0.500. The molecule has 23 heavy (non-hydrogen) atoms. The van der Waals surface area contributed by atoms with E-state index in [-0.39, 0.29) is 12.3 Å². The molecule has 1 aliphatic heterocycles. The Bertz CT molecular complexity index is 575. The molecule has 2 amide bonds. The molecule has 2 rings (SSSR count). The number of halogens is 2. The van der Waals surface area contributed by atoms with Crippen molar-refractivity contribution in [1.82, 2.24) is 10.2 Å². The van der Waals surface area contributed by atoms with Crippen molar-refractivity contribution in [3.05, 3.63) is 35.4 Å². The third-order valence-electron chi connectivity index (χ3n) is 3.92. The molecule has 1 heterocycles. The predicted octanol–water partition coefficient (Wildman–Crippen LogP) is 1.20. The quantitative estimate of drug-likeness (QED) is 0.825. The highest BCUT2D eigenvalue weighted by Gasteiger charge is 2.37. The second-order valence-corrected chi connectivity index (χ2v) is 5.84. The van der Waals surface area contributed by atoms with Gasteiger partial charge in [-0.3, -0.25) is 9.59 Å². The number of benzene rings is 1. The molecule has 1 aliphatic rings. The number of hydrogen-bond donors (Lipinski definition) is 2. The molecule has 1 fully saturated rings. The van der Waals surface area contributed by atoms with E-state index < -0.39 is 31.0 Å². The van der Waals surface area contributed by atoms with E-state index in [2.05, 4.69) is 5.32 Å². The number of aryl methyl sites for hydroxylation is 1. The number of nitrogens with zero attached hydrogens (tertiary/aromatic N) is 1. The van der Waals surface area contributed by atoms with Gasteiger partial charge in [0.25, 0.3) is 5.92 Å². The summed E-state index contributed by atoms with van der Waals surface area (Å²) in [5, 5.41) is 2.20. The van der Waals surface area contributed by atoms with Crippen molar-refractivity contribution in [1.29, 1.82) is 0 Å². The number of likely N-dealkylation sites (tertiary alicyclic amines) is 1. The molecule has 0 saturated carbocycles. The number of rotatable bonds is 6. The molecule has 1 saturated heterocycles. The molecule has 7 heteroatoms. The van der Waals surface area contributed by atoms with Gasteiger partial charge < -0.3 is 16.0 Å². The van der Waals surface area contributed by atoms with Crippen molar-refractivity contribution < 1.29 is 18.4 Å². The van der Waals surface area contributed by atoms with Crippen LogP contribution in [0, 0.1) is 6.92 Å². The standard InChI is InChI=1S/C16H21F2N3O2/c1-11-2-4-12(5-3-11)8-21-13(6-7-14(21)22)15(23)20-10-16(17,18)9-19/h2-5,13H,6-10,19H2,1H3,(H,20,23). The lowest BCUT2D eigenvalue weighted by atomic mass is 10.1. The molecule has 3 N–H and O–H groups in total. The summed E-state index contributed by atoms with van der Waals surface area (Å²) < 4.78 is 26.3. The summed E-state index contributed by atoms with van der Waals surface area (Å²) in [7, 11) is 0. The smallest absolute Gasteiger partial charge is 0.277 e. The normalized spacial score (nSPS) is 18.3. The highest BCUT2D eigenvalue weighted by molar-refractivity contribution is 5.90.